The number of amides is 1. The first-order valence-corrected chi connectivity index (χ1v) is 4.79. The summed E-state index contributed by atoms with van der Waals surface area (Å²) in [5.41, 5.74) is 0. The summed E-state index contributed by atoms with van der Waals surface area (Å²) < 4.78 is 48.5. The summed E-state index contributed by atoms with van der Waals surface area (Å²) >= 11 is 0. The third kappa shape index (κ3) is 2.25. The average molecular weight is 220 g/mol. The van der Waals surface area contributed by atoms with Crippen molar-refractivity contribution in [2.24, 2.45) is 0 Å². The number of rotatable bonds is 3. The van der Waals surface area contributed by atoms with Crippen molar-refractivity contribution in [2.75, 3.05) is 0 Å². The Balaban J connectivity index is 3.26. The van der Waals surface area contributed by atoms with Gasteiger partial charge in [0.25, 0.3) is 10.0 Å². The number of sulfonamides is 1. The Morgan fingerprint density at radius 3 is 2.07 bits per heavy atom. The molecule has 0 bridgehead atoms. The maximum atomic E-state index is 12.6. The number of carbonyl (C=O) groups excluding carboxylic acids is 1. The fourth-order valence-electron chi connectivity index (χ4n) is 0.797. The standard InChI is InChI=1S/C7H4F2NO3S/c8-5-1-6(9)3-7(2-5)14(12,13)10-4-11/h1-3H,(H,10,11). The Kier molecular flexibility index (Phi) is 2.80. The molecule has 1 N–H and O–H groups in total. The van der Waals surface area contributed by atoms with E-state index in [1.54, 1.807) is 0 Å². The fourth-order valence-corrected chi connectivity index (χ4v) is 1.56. The number of benzene rings is 1. The van der Waals surface area contributed by atoms with E-state index in [2.05, 4.69) is 0 Å². The molecule has 0 aromatic heterocycles. The molecule has 1 amide bonds. The zero-order valence-corrected chi connectivity index (χ0v) is 7.44. The fraction of sp³-hybridized carbons (Fsp3) is 0. The largest absolute Gasteiger partial charge is 0.324 e. The van der Waals surface area contributed by atoms with Gasteiger partial charge in [-0.1, -0.05) is 0 Å². The van der Waals surface area contributed by atoms with Crippen molar-refractivity contribution in [3.8, 4) is 0 Å². The van der Waals surface area contributed by atoms with E-state index in [4.69, 9.17) is 0 Å². The second-order valence-electron chi connectivity index (χ2n) is 2.31. The van der Waals surface area contributed by atoms with Gasteiger partial charge in [0.05, 0.1) is 4.90 Å². The highest BCUT2D eigenvalue weighted by Gasteiger charge is 2.15. The van der Waals surface area contributed by atoms with Gasteiger partial charge in [0.2, 0.25) is 0 Å². The highest BCUT2D eigenvalue weighted by atomic mass is 32.2. The Morgan fingerprint density at radius 1 is 1.14 bits per heavy atom. The summed E-state index contributed by atoms with van der Waals surface area (Å²) in [6, 6.07) is 1.69. The van der Waals surface area contributed by atoms with Gasteiger partial charge in [-0.15, -0.1) is 0 Å². The lowest BCUT2D eigenvalue weighted by atomic mass is 10.3. The SMILES string of the molecule is O=[C]NS(=O)(=O)c1cc(F)cc(F)c1. The first kappa shape index (κ1) is 10.6. The van der Waals surface area contributed by atoms with Crippen molar-refractivity contribution in [1.82, 2.24) is 4.72 Å². The van der Waals surface area contributed by atoms with Gasteiger partial charge in [0, 0.05) is 6.07 Å². The van der Waals surface area contributed by atoms with Gasteiger partial charge in [0.1, 0.15) is 11.6 Å². The molecule has 1 aromatic rings. The molecule has 7 heteroatoms. The molecule has 14 heavy (non-hydrogen) atoms. The van der Waals surface area contributed by atoms with Gasteiger partial charge in [-0.25, -0.2) is 21.9 Å². The van der Waals surface area contributed by atoms with E-state index in [9.17, 15) is 22.0 Å². The third-order valence-electron chi connectivity index (χ3n) is 1.32. The second-order valence-corrected chi connectivity index (χ2v) is 4.00. The molecule has 0 aliphatic rings. The van der Waals surface area contributed by atoms with Crippen LogP contribution in [-0.2, 0) is 14.8 Å². The Morgan fingerprint density at radius 2 is 1.64 bits per heavy atom. The van der Waals surface area contributed by atoms with Crippen LogP contribution in [0.5, 0.6) is 0 Å². The summed E-state index contributed by atoms with van der Waals surface area (Å²) in [5, 5.41) is 0. The second kappa shape index (κ2) is 3.70. The number of halogens is 2. The van der Waals surface area contributed by atoms with Crippen molar-refractivity contribution >= 4 is 16.4 Å². The van der Waals surface area contributed by atoms with Crippen LogP contribution in [-0.4, -0.2) is 14.8 Å². The van der Waals surface area contributed by atoms with Crippen LogP contribution in [0.15, 0.2) is 23.1 Å². The van der Waals surface area contributed by atoms with Crippen LogP contribution in [0.2, 0.25) is 0 Å². The van der Waals surface area contributed by atoms with Crippen LogP contribution in [0.4, 0.5) is 8.78 Å². The molecule has 75 valence electrons. The Hall–Kier alpha value is -1.50. The quantitative estimate of drug-likeness (QED) is 0.745. The monoisotopic (exact) mass is 220 g/mol. The van der Waals surface area contributed by atoms with Crippen molar-refractivity contribution in [1.29, 1.82) is 0 Å². The van der Waals surface area contributed by atoms with Gasteiger partial charge >= 0.3 is 6.41 Å². The molecular formula is C7H4F2NO3S. The van der Waals surface area contributed by atoms with Crippen LogP contribution in [0.25, 0.3) is 0 Å². The minimum atomic E-state index is -4.21. The molecule has 0 atom stereocenters. The predicted octanol–water partition coefficient (Wildman–Crippen LogP) is 0.310. The summed E-state index contributed by atoms with van der Waals surface area (Å²) in [6.07, 6.45) is 0.913. The van der Waals surface area contributed by atoms with Crippen LogP contribution < -0.4 is 4.72 Å². The number of hydrogen-bond acceptors (Lipinski definition) is 3. The van der Waals surface area contributed by atoms with E-state index in [0.717, 1.165) is 6.41 Å². The van der Waals surface area contributed by atoms with Crippen LogP contribution in [0.3, 0.4) is 0 Å². The Labute approximate surface area is 78.6 Å². The first-order chi connectivity index (χ1) is 6.45. The van der Waals surface area contributed by atoms with Gasteiger partial charge < -0.3 is 0 Å². The molecule has 0 fully saturated rings. The lowest BCUT2D eigenvalue weighted by Gasteiger charge is -2.01. The van der Waals surface area contributed by atoms with E-state index in [1.165, 1.54) is 4.72 Å². The molecule has 0 spiro atoms. The molecule has 1 radical (unpaired) electrons. The maximum absolute atomic E-state index is 12.6. The van der Waals surface area contributed by atoms with E-state index < -0.39 is 26.6 Å². The highest BCUT2D eigenvalue weighted by molar-refractivity contribution is 7.90. The lowest BCUT2D eigenvalue weighted by molar-refractivity contribution is 0.544. The molecule has 1 rings (SSSR count). The zero-order valence-electron chi connectivity index (χ0n) is 6.62. The average Bonchev–Trinajstić information content (AvgIpc) is 2.02. The zero-order chi connectivity index (χ0) is 10.8. The maximum Gasteiger partial charge on any atom is 0.324 e. The topological polar surface area (TPSA) is 63.2 Å². The normalized spacial score (nSPS) is 11.0. The molecule has 0 heterocycles. The molecule has 0 unspecified atom stereocenters. The van der Waals surface area contributed by atoms with Crippen LogP contribution >= 0.6 is 0 Å². The molecule has 0 saturated carbocycles. The summed E-state index contributed by atoms with van der Waals surface area (Å²) in [6.45, 7) is 0. The smallest absolute Gasteiger partial charge is 0.262 e. The predicted molar refractivity (Wildman–Crippen MR) is 42.4 cm³/mol. The van der Waals surface area contributed by atoms with Crippen molar-refractivity contribution in [2.45, 2.75) is 4.90 Å². The summed E-state index contributed by atoms with van der Waals surface area (Å²) in [4.78, 5) is 9.09. The molecule has 0 aliphatic carbocycles. The van der Waals surface area contributed by atoms with Gasteiger partial charge in [-0.3, -0.25) is 4.79 Å². The minimum absolute atomic E-state index is 0.518. The summed E-state index contributed by atoms with van der Waals surface area (Å²) in [5.74, 6) is -2.09. The van der Waals surface area contributed by atoms with Gasteiger partial charge in [0.15, 0.2) is 0 Å². The van der Waals surface area contributed by atoms with Crippen molar-refractivity contribution < 1.29 is 22.0 Å². The van der Waals surface area contributed by atoms with E-state index in [-0.39, 0.29) is 0 Å². The lowest BCUT2D eigenvalue weighted by Crippen LogP contribution is -2.21. The van der Waals surface area contributed by atoms with Gasteiger partial charge in [-0.2, -0.15) is 0 Å². The molecule has 0 aliphatic heterocycles. The minimum Gasteiger partial charge on any atom is -0.262 e. The van der Waals surface area contributed by atoms with E-state index in [1.807, 2.05) is 0 Å². The molecule has 4 nitrogen and oxygen atoms in total. The first-order valence-electron chi connectivity index (χ1n) is 3.31. The van der Waals surface area contributed by atoms with E-state index >= 15 is 0 Å². The van der Waals surface area contributed by atoms with Gasteiger partial charge in [-0.05, 0) is 12.1 Å². The van der Waals surface area contributed by atoms with Crippen LogP contribution in [0.1, 0.15) is 0 Å². The number of hydrogen-bond donors (Lipinski definition) is 1. The van der Waals surface area contributed by atoms with E-state index in [0.29, 0.717) is 18.2 Å². The molecular weight excluding hydrogens is 216 g/mol. The Bertz CT molecular complexity index is 438. The van der Waals surface area contributed by atoms with Crippen molar-refractivity contribution in [3.05, 3.63) is 29.8 Å². The highest BCUT2D eigenvalue weighted by Crippen LogP contribution is 2.12. The third-order valence-corrected chi connectivity index (χ3v) is 2.53. The molecule has 1 aromatic carbocycles. The van der Waals surface area contributed by atoms with Crippen molar-refractivity contribution in [3.63, 3.8) is 0 Å². The molecule has 0 saturated heterocycles. The van der Waals surface area contributed by atoms with Crippen LogP contribution in [0, 0.1) is 11.6 Å². The summed E-state index contributed by atoms with van der Waals surface area (Å²) in [7, 11) is -4.21. The number of nitrogens with one attached hydrogen (secondary N) is 1.